The van der Waals surface area contributed by atoms with Crippen LogP contribution in [0.25, 0.3) is 11.3 Å². The van der Waals surface area contributed by atoms with Gasteiger partial charge in [-0.1, -0.05) is 0 Å². The van der Waals surface area contributed by atoms with E-state index in [-0.39, 0.29) is 11.7 Å². The molecule has 1 heterocycles. The van der Waals surface area contributed by atoms with Crippen molar-refractivity contribution in [3.05, 3.63) is 41.8 Å². The molecule has 1 aromatic heterocycles. The standard InChI is InChI=1S/C16H18FN3O2/c1-20(9-15(21)11-2-3-11)16(22)14-8-13(18-19-14)10-4-6-12(17)7-5-10/h4-8,11,15,21H,2-3,9H2,1H3,(H,18,19). The maximum atomic E-state index is 12.9. The molecule has 1 amide bonds. The van der Waals surface area contributed by atoms with E-state index in [1.165, 1.54) is 17.0 Å². The van der Waals surface area contributed by atoms with E-state index >= 15 is 0 Å². The Kier molecular flexibility index (Phi) is 3.94. The van der Waals surface area contributed by atoms with Gasteiger partial charge in [-0.2, -0.15) is 5.10 Å². The third kappa shape index (κ3) is 3.17. The molecule has 2 aromatic rings. The van der Waals surface area contributed by atoms with Gasteiger partial charge in [0, 0.05) is 19.2 Å². The van der Waals surface area contributed by atoms with E-state index in [4.69, 9.17) is 0 Å². The number of nitrogens with zero attached hydrogens (tertiary/aromatic N) is 2. The first kappa shape index (κ1) is 14.7. The van der Waals surface area contributed by atoms with Gasteiger partial charge in [0.1, 0.15) is 11.5 Å². The normalized spacial score (nSPS) is 15.6. The molecule has 0 spiro atoms. The maximum Gasteiger partial charge on any atom is 0.271 e. The maximum absolute atomic E-state index is 12.9. The molecule has 116 valence electrons. The number of H-pyrrole nitrogens is 1. The number of nitrogens with one attached hydrogen (secondary N) is 1. The average Bonchev–Trinajstić information content (AvgIpc) is 3.25. The minimum absolute atomic E-state index is 0.222. The minimum Gasteiger partial charge on any atom is -0.391 e. The smallest absolute Gasteiger partial charge is 0.271 e. The van der Waals surface area contributed by atoms with Gasteiger partial charge in [-0.15, -0.1) is 0 Å². The summed E-state index contributed by atoms with van der Waals surface area (Å²) in [4.78, 5) is 13.8. The van der Waals surface area contributed by atoms with Crippen LogP contribution in [0.5, 0.6) is 0 Å². The molecule has 1 aliphatic rings. The molecule has 0 radical (unpaired) electrons. The predicted octanol–water partition coefficient (Wildman–Crippen LogP) is 2.06. The summed E-state index contributed by atoms with van der Waals surface area (Å²) in [6.07, 6.45) is 1.60. The van der Waals surface area contributed by atoms with Crippen LogP contribution < -0.4 is 0 Å². The fourth-order valence-corrected chi connectivity index (χ4v) is 2.40. The zero-order chi connectivity index (χ0) is 15.7. The van der Waals surface area contributed by atoms with Gasteiger partial charge in [0.15, 0.2) is 0 Å². The molecule has 1 unspecified atom stereocenters. The summed E-state index contributed by atoms with van der Waals surface area (Å²) in [5, 5.41) is 16.7. The second kappa shape index (κ2) is 5.88. The number of aliphatic hydroxyl groups excluding tert-OH is 1. The first-order chi connectivity index (χ1) is 10.5. The Labute approximate surface area is 127 Å². The van der Waals surface area contributed by atoms with E-state index in [2.05, 4.69) is 10.2 Å². The van der Waals surface area contributed by atoms with E-state index < -0.39 is 6.10 Å². The second-order valence-corrected chi connectivity index (χ2v) is 5.76. The number of rotatable bonds is 5. The lowest BCUT2D eigenvalue weighted by molar-refractivity contribution is 0.0640. The largest absolute Gasteiger partial charge is 0.391 e. The Morgan fingerprint density at radius 3 is 2.77 bits per heavy atom. The van der Waals surface area contributed by atoms with Crippen LogP contribution in [0.15, 0.2) is 30.3 Å². The SMILES string of the molecule is CN(CC(O)C1CC1)C(=O)c1cc(-c2ccc(F)cc2)n[nH]1. The summed E-state index contributed by atoms with van der Waals surface area (Å²) >= 11 is 0. The number of hydrogen-bond acceptors (Lipinski definition) is 3. The number of hydrogen-bond donors (Lipinski definition) is 2. The quantitative estimate of drug-likeness (QED) is 0.888. The van der Waals surface area contributed by atoms with Gasteiger partial charge in [0.25, 0.3) is 5.91 Å². The number of benzene rings is 1. The summed E-state index contributed by atoms with van der Waals surface area (Å²) in [6.45, 7) is 0.314. The van der Waals surface area contributed by atoms with Crippen molar-refractivity contribution in [3.63, 3.8) is 0 Å². The van der Waals surface area contributed by atoms with E-state index in [9.17, 15) is 14.3 Å². The zero-order valence-electron chi connectivity index (χ0n) is 12.3. The summed E-state index contributed by atoms with van der Waals surface area (Å²) < 4.78 is 12.9. The van der Waals surface area contributed by atoms with Gasteiger partial charge in [0.05, 0.1) is 11.8 Å². The van der Waals surface area contributed by atoms with Crippen LogP contribution in [0.1, 0.15) is 23.3 Å². The van der Waals surface area contributed by atoms with Gasteiger partial charge in [-0.05, 0) is 49.1 Å². The number of aliphatic hydroxyl groups is 1. The average molecular weight is 303 g/mol. The number of aromatic amines is 1. The van der Waals surface area contributed by atoms with E-state index in [1.54, 1.807) is 25.2 Å². The minimum atomic E-state index is -0.464. The molecule has 5 nitrogen and oxygen atoms in total. The first-order valence-corrected chi connectivity index (χ1v) is 7.29. The number of likely N-dealkylation sites (N-methyl/N-ethyl adjacent to an activating group) is 1. The highest BCUT2D eigenvalue weighted by atomic mass is 19.1. The van der Waals surface area contributed by atoms with Gasteiger partial charge in [0.2, 0.25) is 0 Å². The molecule has 3 rings (SSSR count). The first-order valence-electron chi connectivity index (χ1n) is 7.29. The van der Waals surface area contributed by atoms with Crippen molar-refractivity contribution >= 4 is 5.91 Å². The topological polar surface area (TPSA) is 69.2 Å². The Balaban J connectivity index is 1.69. The third-order valence-corrected chi connectivity index (χ3v) is 3.92. The summed E-state index contributed by atoms with van der Waals surface area (Å²) in [7, 11) is 1.66. The van der Waals surface area contributed by atoms with Crippen LogP contribution in [-0.4, -0.2) is 45.8 Å². The lowest BCUT2D eigenvalue weighted by Crippen LogP contribution is -2.35. The molecule has 1 atom stereocenters. The number of halogens is 1. The highest BCUT2D eigenvalue weighted by Crippen LogP contribution is 2.32. The monoisotopic (exact) mass is 303 g/mol. The summed E-state index contributed by atoms with van der Waals surface area (Å²) in [5.74, 6) is -0.211. The van der Waals surface area contributed by atoms with Crippen molar-refractivity contribution in [1.29, 1.82) is 0 Å². The fraction of sp³-hybridized carbons (Fsp3) is 0.375. The Bertz CT molecular complexity index is 664. The van der Waals surface area contributed by atoms with E-state index in [0.29, 0.717) is 23.9 Å². The predicted molar refractivity (Wildman–Crippen MR) is 79.7 cm³/mol. The summed E-state index contributed by atoms with van der Waals surface area (Å²) in [5.41, 5.74) is 1.67. The molecule has 0 saturated heterocycles. The highest BCUT2D eigenvalue weighted by Gasteiger charge is 2.31. The van der Waals surface area contributed by atoms with Crippen LogP contribution in [0, 0.1) is 11.7 Å². The fourth-order valence-electron chi connectivity index (χ4n) is 2.40. The summed E-state index contributed by atoms with van der Waals surface area (Å²) in [6, 6.07) is 7.56. The van der Waals surface area contributed by atoms with Crippen LogP contribution in [-0.2, 0) is 0 Å². The van der Waals surface area contributed by atoms with Crippen molar-refractivity contribution in [1.82, 2.24) is 15.1 Å². The molecule has 1 fully saturated rings. The molecule has 0 bridgehead atoms. The van der Waals surface area contributed by atoms with Crippen molar-refractivity contribution in [2.75, 3.05) is 13.6 Å². The molecule has 6 heteroatoms. The lowest BCUT2D eigenvalue weighted by Gasteiger charge is -2.19. The van der Waals surface area contributed by atoms with Gasteiger partial charge >= 0.3 is 0 Å². The zero-order valence-corrected chi connectivity index (χ0v) is 12.3. The van der Waals surface area contributed by atoms with Crippen LogP contribution >= 0.6 is 0 Å². The molecule has 1 aliphatic carbocycles. The number of carbonyl (C=O) groups excluding carboxylic acids is 1. The Morgan fingerprint density at radius 1 is 1.45 bits per heavy atom. The molecule has 1 aromatic carbocycles. The number of amides is 1. The second-order valence-electron chi connectivity index (χ2n) is 5.76. The molecule has 2 N–H and O–H groups in total. The van der Waals surface area contributed by atoms with Crippen LogP contribution in [0.2, 0.25) is 0 Å². The van der Waals surface area contributed by atoms with Crippen molar-refractivity contribution in [2.45, 2.75) is 18.9 Å². The van der Waals surface area contributed by atoms with Crippen LogP contribution in [0.4, 0.5) is 4.39 Å². The number of aromatic nitrogens is 2. The Hall–Kier alpha value is -2.21. The number of carbonyl (C=O) groups is 1. The van der Waals surface area contributed by atoms with Crippen LogP contribution in [0.3, 0.4) is 0 Å². The van der Waals surface area contributed by atoms with Gasteiger partial charge in [-0.3, -0.25) is 9.89 Å². The molecular formula is C16H18FN3O2. The molecule has 22 heavy (non-hydrogen) atoms. The van der Waals surface area contributed by atoms with Crippen molar-refractivity contribution in [3.8, 4) is 11.3 Å². The highest BCUT2D eigenvalue weighted by molar-refractivity contribution is 5.93. The van der Waals surface area contributed by atoms with Crippen molar-refractivity contribution in [2.24, 2.45) is 5.92 Å². The lowest BCUT2D eigenvalue weighted by atomic mass is 10.1. The third-order valence-electron chi connectivity index (χ3n) is 3.92. The molecule has 0 aliphatic heterocycles. The Morgan fingerprint density at radius 2 is 2.14 bits per heavy atom. The van der Waals surface area contributed by atoms with Gasteiger partial charge < -0.3 is 10.0 Å². The van der Waals surface area contributed by atoms with E-state index in [0.717, 1.165) is 18.4 Å². The molecule has 1 saturated carbocycles. The van der Waals surface area contributed by atoms with E-state index in [1.807, 2.05) is 0 Å². The molecular weight excluding hydrogens is 285 g/mol. The van der Waals surface area contributed by atoms with Crippen molar-refractivity contribution < 1.29 is 14.3 Å². The van der Waals surface area contributed by atoms with Gasteiger partial charge in [-0.25, -0.2) is 4.39 Å².